The number of thioether (sulfide) groups is 1. The maximum absolute atomic E-state index is 11.8. The van der Waals surface area contributed by atoms with E-state index in [0.717, 1.165) is 24.6 Å². The molecule has 1 saturated heterocycles. The summed E-state index contributed by atoms with van der Waals surface area (Å²) in [5.41, 5.74) is 0. The zero-order chi connectivity index (χ0) is 13.5. The van der Waals surface area contributed by atoms with Crippen molar-refractivity contribution in [2.24, 2.45) is 5.92 Å². The van der Waals surface area contributed by atoms with E-state index in [-0.39, 0.29) is 18.3 Å². The Bertz CT molecular complexity index is 382. The maximum atomic E-state index is 11.8. The van der Waals surface area contributed by atoms with Gasteiger partial charge in [-0.15, -0.1) is 12.4 Å². The van der Waals surface area contributed by atoms with Crippen LogP contribution in [0.3, 0.4) is 0 Å². The van der Waals surface area contributed by atoms with Crippen molar-refractivity contribution < 1.29 is 4.79 Å². The van der Waals surface area contributed by atoms with Crippen LogP contribution in [0.2, 0.25) is 0 Å². The van der Waals surface area contributed by atoms with Crippen molar-refractivity contribution >= 4 is 30.1 Å². The first-order valence-corrected chi connectivity index (χ1v) is 7.95. The summed E-state index contributed by atoms with van der Waals surface area (Å²) in [7, 11) is 0. The second-order valence-corrected chi connectivity index (χ2v) is 6.22. The predicted molar refractivity (Wildman–Crippen MR) is 85.4 cm³/mol. The molecule has 0 bridgehead atoms. The molecule has 2 rings (SSSR count). The Labute approximate surface area is 130 Å². The van der Waals surface area contributed by atoms with Gasteiger partial charge in [0, 0.05) is 56.0 Å². The van der Waals surface area contributed by atoms with Gasteiger partial charge in [-0.05, 0) is 12.0 Å². The number of carbonyl (C=O) groups is 1. The van der Waals surface area contributed by atoms with Crippen molar-refractivity contribution in [3.05, 3.63) is 18.5 Å². The standard InChI is InChI=1S/C13H22N4OS.ClH/c1-11(9-17-5-2-3-16-17)8-15-13(18)7-12-10-19-6-4-14-12;/h2-3,5,11-12,14H,4,6-10H2,1H3,(H,15,18);1H. The molecule has 2 N–H and O–H groups in total. The normalized spacial score (nSPS) is 19.9. The summed E-state index contributed by atoms with van der Waals surface area (Å²) < 4.78 is 1.90. The lowest BCUT2D eigenvalue weighted by atomic mass is 10.1. The van der Waals surface area contributed by atoms with Crippen molar-refractivity contribution in [1.82, 2.24) is 20.4 Å². The van der Waals surface area contributed by atoms with E-state index in [9.17, 15) is 4.79 Å². The van der Waals surface area contributed by atoms with Crippen LogP contribution >= 0.6 is 24.2 Å². The number of halogens is 1. The highest BCUT2D eigenvalue weighted by molar-refractivity contribution is 7.99. The minimum absolute atomic E-state index is 0. The molecule has 0 radical (unpaired) electrons. The highest BCUT2D eigenvalue weighted by Crippen LogP contribution is 2.10. The summed E-state index contributed by atoms with van der Waals surface area (Å²) in [6.45, 7) is 4.68. The molecular formula is C13H23ClN4OS. The highest BCUT2D eigenvalue weighted by atomic mass is 35.5. The Balaban J connectivity index is 0.00000200. The summed E-state index contributed by atoms with van der Waals surface area (Å²) in [5, 5.41) is 10.6. The Morgan fingerprint density at radius 3 is 3.15 bits per heavy atom. The minimum Gasteiger partial charge on any atom is -0.356 e. The molecule has 2 heterocycles. The average Bonchev–Trinajstić information content (AvgIpc) is 2.90. The highest BCUT2D eigenvalue weighted by Gasteiger charge is 2.16. The molecule has 1 aliphatic heterocycles. The van der Waals surface area contributed by atoms with E-state index < -0.39 is 0 Å². The first kappa shape index (κ1) is 17.3. The Kier molecular flexibility index (Phi) is 8.02. The Morgan fingerprint density at radius 1 is 1.65 bits per heavy atom. The van der Waals surface area contributed by atoms with Crippen LogP contribution in [0.4, 0.5) is 0 Å². The molecule has 0 saturated carbocycles. The number of amides is 1. The summed E-state index contributed by atoms with van der Waals surface area (Å²) >= 11 is 1.92. The van der Waals surface area contributed by atoms with Gasteiger partial charge in [0.1, 0.15) is 0 Å². The largest absolute Gasteiger partial charge is 0.356 e. The Morgan fingerprint density at radius 2 is 2.50 bits per heavy atom. The number of hydrogen-bond donors (Lipinski definition) is 2. The molecule has 0 spiro atoms. The molecule has 1 aliphatic rings. The van der Waals surface area contributed by atoms with Crippen LogP contribution in [-0.2, 0) is 11.3 Å². The van der Waals surface area contributed by atoms with Crippen LogP contribution in [0.25, 0.3) is 0 Å². The molecule has 114 valence electrons. The van der Waals surface area contributed by atoms with Crippen LogP contribution < -0.4 is 10.6 Å². The average molecular weight is 319 g/mol. The molecule has 1 aromatic heterocycles. The van der Waals surface area contributed by atoms with Gasteiger partial charge in [-0.3, -0.25) is 9.48 Å². The minimum atomic E-state index is 0. The van der Waals surface area contributed by atoms with E-state index in [4.69, 9.17) is 0 Å². The van der Waals surface area contributed by atoms with E-state index in [1.165, 1.54) is 0 Å². The van der Waals surface area contributed by atoms with Crippen molar-refractivity contribution in [3.63, 3.8) is 0 Å². The zero-order valence-electron chi connectivity index (χ0n) is 11.7. The van der Waals surface area contributed by atoms with E-state index >= 15 is 0 Å². The lowest BCUT2D eigenvalue weighted by Gasteiger charge is -2.22. The SMILES string of the molecule is CC(CNC(=O)CC1CSCCN1)Cn1cccn1.Cl. The fraction of sp³-hybridized carbons (Fsp3) is 0.692. The summed E-state index contributed by atoms with van der Waals surface area (Å²) in [5.74, 6) is 2.72. The maximum Gasteiger partial charge on any atom is 0.221 e. The fourth-order valence-electron chi connectivity index (χ4n) is 2.13. The van der Waals surface area contributed by atoms with E-state index in [1.54, 1.807) is 6.20 Å². The van der Waals surface area contributed by atoms with Gasteiger partial charge in [0.05, 0.1) is 0 Å². The second kappa shape index (κ2) is 9.26. The first-order chi connectivity index (χ1) is 9.24. The van der Waals surface area contributed by atoms with Crippen LogP contribution in [0.1, 0.15) is 13.3 Å². The lowest BCUT2D eigenvalue weighted by molar-refractivity contribution is -0.121. The van der Waals surface area contributed by atoms with Crippen LogP contribution in [0, 0.1) is 5.92 Å². The number of rotatable bonds is 6. The van der Waals surface area contributed by atoms with Crippen LogP contribution in [0.5, 0.6) is 0 Å². The van der Waals surface area contributed by atoms with Crippen molar-refractivity contribution in [3.8, 4) is 0 Å². The third-order valence-electron chi connectivity index (χ3n) is 3.14. The van der Waals surface area contributed by atoms with Gasteiger partial charge in [0.2, 0.25) is 5.91 Å². The van der Waals surface area contributed by atoms with Crippen molar-refractivity contribution in [2.45, 2.75) is 25.9 Å². The Hall–Kier alpha value is -0.720. The van der Waals surface area contributed by atoms with Gasteiger partial charge >= 0.3 is 0 Å². The molecular weight excluding hydrogens is 296 g/mol. The molecule has 5 nitrogen and oxygen atoms in total. The van der Waals surface area contributed by atoms with Crippen LogP contribution in [-0.4, -0.2) is 46.3 Å². The van der Waals surface area contributed by atoms with Gasteiger partial charge < -0.3 is 10.6 Å². The quantitative estimate of drug-likeness (QED) is 0.826. The zero-order valence-corrected chi connectivity index (χ0v) is 13.4. The van der Waals surface area contributed by atoms with E-state index in [2.05, 4.69) is 22.7 Å². The molecule has 2 atom stereocenters. The van der Waals surface area contributed by atoms with Gasteiger partial charge in [-0.25, -0.2) is 0 Å². The lowest BCUT2D eigenvalue weighted by Crippen LogP contribution is -2.42. The molecule has 1 fully saturated rings. The summed E-state index contributed by atoms with van der Waals surface area (Å²) in [6, 6.07) is 2.25. The topological polar surface area (TPSA) is 59.0 Å². The fourth-order valence-corrected chi connectivity index (χ4v) is 3.08. The number of nitrogens with zero attached hydrogens (tertiary/aromatic N) is 2. The third-order valence-corrected chi connectivity index (χ3v) is 4.27. The molecule has 1 amide bonds. The van der Waals surface area contributed by atoms with Gasteiger partial charge in [-0.2, -0.15) is 16.9 Å². The predicted octanol–water partition coefficient (Wildman–Crippen LogP) is 1.15. The van der Waals surface area contributed by atoms with Crippen LogP contribution in [0.15, 0.2) is 18.5 Å². The van der Waals surface area contributed by atoms with E-state index in [1.807, 2.05) is 28.7 Å². The number of nitrogens with one attached hydrogen (secondary N) is 2. The number of carbonyl (C=O) groups excluding carboxylic acids is 1. The van der Waals surface area contributed by atoms with Crippen molar-refractivity contribution in [2.75, 3.05) is 24.6 Å². The molecule has 0 aliphatic carbocycles. The summed E-state index contributed by atoms with van der Waals surface area (Å²) in [4.78, 5) is 11.8. The molecule has 1 aromatic rings. The van der Waals surface area contributed by atoms with Gasteiger partial charge in [0.15, 0.2) is 0 Å². The van der Waals surface area contributed by atoms with Gasteiger partial charge in [0.25, 0.3) is 0 Å². The monoisotopic (exact) mass is 318 g/mol. The summed E-state index contributed by atoms with van der Waals surface area (Å²) in [6.07, 6.45) is 4.31. The molecule has 0 aromatic carbocycles. The van der Waals surface area contributed by atoms with E-state index in [0.29, 0.717) is 24.9 Å². The third kappa shape index (κ3) is 6.15. The van der Waals surface area contributed by atoms with Crippen molar-refractivity contribution in [1.29, 1.82) is 0 Å². The second-order valence-electron chi connectivity index (χ2n) is 5.07. The number of aromatic nitrogens is 2. The first-order valence-electron chi connectivity index (χ1n) is 6.79. The van der Waals surface area contributed by atoms with Gasteiger partial charge in [-0.1, -0.05) is 6.92 Å². The molecule has 2 unspecified atom stereocenters. The smallest absolute Gasteiger partial charge is 0.221 e. The number of hydrogen-bond acceptors (Lipinski definition) is 4. The molecule has 7 heteroatoms. The molecule has 20 heavy (non-hydrogen) atoms.